The summed E-state index contributed by atoms with van der Waals surface area (Å²) in [6.45, 7) is 6.97. The lowest BCUT2D eigenvalue weighted by Gasteiger charge is -2.14. The van der Waals surface area contributed by atoms with Crippen molar-refractivity contribution >= 4 is 21.6 Å². The highest BCUT2D eigenvalue weighted by Gasteiger charge is 2.05. The van der Waals surface area contributed by atoms with Gasteiger partial charge in [0.25, 0.3) is 0 Å². The average molecular weight is 322 g/mol. The molecular formula is C16H17BrFN. The fourth-order valence-corrected chi connectivity index (χ4v) is 2.80. The normalized spacial score (nSPS) is 10.6. The molecule has 0 bridgehead atoms. The van der Waals surface area contributed by atoms with E-state index in [1.165, 1.54) is 28.8 Å². The lowest BCUT2D eigenvalue weighted by Crippen LogP contribution is -2.04. The fraction of sp³-hybridized carbons (Fsp3) is 0.250. The summed E-state index contributed by atoms with van der Waals surface area (Å²) in [4.78, 5) is 0. The molecule has 0 saturated carbocycles. The van der Waals surface area contributed by atoms with Crippen LogP contribution >= 0.6 is 15.9 Å². The molecule has 0 saturated heterocycles. The van der Waals surface area contributed by atoms with Crippen LogP contribution < -0.4 is 5.32 Å². The Balaban J connectivity index is 2.19. The van der Waals surface area contributed by atoms with Gasteiger partial charge in [-0.15, -0.1) is 0 Å². The van der Waals surface area contributed by atoms with Crippen molar-refractivity contribution < 1.29 is 4.39 Å². The topological polar surface area (TPSA) is 12.0 Å². The fourth-order valence-electron chi connectivity index (χ4n) is 2.31. The molecule has 0 unspecified atom stereocenters. The number of nitrogens with one attached hydrogen (secondary N) is 1. The van der Waals surface area contributed by atoms with Crippen molar-refractivity contribution in [3.63, 3.8) is 0 Å². The summed E-state index contributed by atoms with van der Waals surface area (Å²) >= 11 is 3.39. The van der Waals surface area contributed by atoms with Crippen LogP contribution in [0.3, 0.4) is 0 Å². The minimum absolute atomic E-state index is 0.224. The molecule has 0 aromatic heterocycles. The van der Waals surface area contributed by atoms with E-state index in [0.29, 0.717) is 6.54 Å². The highest BCUT2D eigenvalue weighted by atomic mass is 79.9. The molecule has 2 rings (SSSR count). The Morgan fingerprint density at radius 3 is 2.26 bits per heavy atom. The lowest BCUT2D eigenvalue weighted by atomic mass is 10.0. The Morgan fingerprint density at radius 2 is 1.68 bits per heavy atom. The molecule has 19 heavy (non-hydrogen) atoms. The largest absolute Gasteiger partial charge is 0.380 e. The van der Waals surface area contributed by atoms with E-state index in [1.54, 1.807) is 6.07 Å². The van der Waals surface area contributed by atoms with Crippen LogP contribution in [0.25, 0.3) is 0 Å². The smallest absolute Gasteiger partial charge is 0.124 e. The van der Waals surface area contributed by atoms with Crippen LogP contribution in [0.5, 0.6) is 0 Å². The van der Waals surface area contributed by atoms with Gasteiger partial charge in [0.1, 0.15) is 5.82 Å². The number of anilines is 1. The predicted octanol–water partition coefficient (Wildman–Crippen LogP) is 5.13. The number of hydrogen-bond acceptors (Lipinski definition) is 1. The van der Waals surface area contributed by atoms with Crippen molar-refractivity contribution in [2.45, 2.75) is 27.3 Å². The van der Waals surface area contributed by atoms with Gasteiger partial charge in [-0.2, -0.15) is 0 Å². The molecule has 0 aliphatic carbocycles. The maximum atomic E-state index is 13.0. The summed E-state index contributed by atoms with van der Waals surface area (Å²) in [6, 6.07) is 9.10. The van der Waals surface area contributed by atoms with Crippen LogP contribution in [-0.4, -0.2) is 0 Å². The molecule has 0 radical (unpaired) electrons. The van der Waals surface area contributed by atoms with Crippen LogP contribution in [0.15, 0.2) is 34.8 Å². The van der Waals surface area contributed by atoms with Gasteiger partial charge >= 0.3 is 0 Å². The third-order valence-corrected chi connectivity index (χ3v) is 3.89. The van der Waals surface area contributed by atoms with Gasteiger partial charge in [-0.1, -0.05) is 39.7 Å². The minimum Gasteiger partial charge on any atom is -0.380 e. The molecule has 2 aromatic carbocycles. The molecule has 1 nitrogen and oxygen atoms in total. The molecule has 3 heteroatoms. The first-order valence-electron chi connectivity index (χ1n) is 6.23. The molecule has 0 aliphatic rings. The van der Waals surface area contributed by atoms with Gasteiger partial charge in [-0.25, -0.2) is 4.39 Å². The van der Waals surface area contributed by atoms with Gasteiger partial charge in [-0.3, -0.25) is 0 Å². The van der Waals surface area contributed by atoms with Gasteiger partial charge in [-0.05, 0) is 49.6 Å². The number of benzene rings is 2. The zero-order valence-electron chi connectivity index (χ0n) is 11.3. The van der Waals surface area contributed by atoms with Crippen LogP contribution in [0.2, 0.25) is 0 Å². The third-order valence-electron chi connectivity index (χ3n) is 3.15. The molecule has 1 N–H and O–H groups in total. The summed E-state index contributed by atoms with van der Waals surface area (Å²) in [6.07, 6.45) is 0. The summed E-state index contributed by atoms with van der Waals surface area (Å²) in [5.74, 6) is -0.224. The van der Waals surface area contributed by atoms with E-state index in [4.69, 9.17) is 0 Å². The molecular weight excluding hydrogens is 305 g/mol. The Kier molecular flexibility index (Phi) is 4.25. The minimum atomic E-state index is -0.224. The van der Waals surface area contributed by atoms with E-state index < -0.39 is 0 Å². The quantitative estimate of drug-likeness (QED) is 0.826. The summed E-state index contributed by atoms with van der Waals surface area (Å²) in [7, 11) is 0. The van der Waals surface area contributed by atoms with E-state index in [2.05, 4.69) is 54.2 Å². The number of aryl methyl sites for hydroxylation is 3. The van der Waals surface area contributed by atoms with E-state index >= 15 is 0 Å². The predicted molar refractivity (Wildman–Crippen MR) is 82.1 cm³/mol. The molecule has 0 amide bonds. The van der Waals surface area contributed by atoms with Crippen molar-refractivity contribution in [3.05, 3.63) is 62.9 Å². The van der Waals surface area contributed by atoms with Crippen LogP contribution in [0.1, 0.15) is 22.3 Å². The molecule has 0 spiro atoms. The SMILES string of the molecule is Cc1cc(C)c(NCc2ccc(F)cc2Br)c(C)c1. The van der Waals surface area contributed by atoms with Gasteiger partial charge in [0, 0.05) is 16.7 Å². The van der Waals surface area contributed by atoms with E-state index in [9.17, 15) is 4.39 Å². The van der Waals surface area contributed by atoms with Crippen LogP contribution in [0.4, 0.5) is 10.1 Å². The monoisotopic (exact) mass is 321 g/mol. The van der Waals surface area contributed by atoms with Crippen molar-refractivity contribution in [1.82, 2.24) is 0 Å². The maximum absolute atomic E-state index is 13.0. The van der Waals surface area contributed by atoms with Gasteiger partial charge in [0.15, 0.2) is 0 Å². The highest BCUT2D eigenvalue weighted by Crippen LogP contribution is 2.24. The second-order valence-electron chi connectivity index (χ2n) is 4.86. The molecule has 0 aliphatic heterocycles. The Hall–Kier alpha value is -1.35. The van der Waals surface area contributed by atoms with Gasteiger partial charge < -0.3 is 5.32 Å². The molecule has 2 aromatic rings. The van der Waals surface area contributed by atoms with E-state index in [1.807, 2.05) is 0 Å². The molecule has 100 valence electrons. The van der Waals surface area contributed by atoms with E-state index in [-0.39, 0.29) is 5.82 Å². The average Bonchev–Trinajstić information content (AvgIpc) is 2.30. The Bertz CT molecular complexity index is 585. The van der Waals surface area contributed by atoms with Crippen molar-refractivity contribution in [1.29, 1.82) is 0 Å². The molecule has 0 fully saturated rings. The number of hydrogen-bond donors (Lipinski definition) is 1. The van der Waals surface area contributed by atoms with E-state index in [0.717, 1.165) is 15.7 Å². The van der Waals surface area contributed by atoms with Crippen LogP contribution in [0, 0.1) is 26.6 Å². The summed E-state index contributed by atoms with van der Waals surface area (Å²) < 4.78 is 13.8. The molecule has 0 heterocycles. The summed E-state index contributed by atoms with van der Waals surface area (Å²) in [5.41, 5.74) is 5.93. The first-order valence-corrected chi connectivity index (χ1v) is 7.02. The standard InChI is InChI=1S/C16H17BrFN/c1-10-6-11(2)16(12(3)7-10)19-9-13-4-5-14(18)8-15(13)17/h4-8,19H,9H2,1-3H3. The number of halogens is 2. The third kappa shape index (κ3) is 3.35. The Morgan fingerprint density at radius 1 is 1.05 bits per heavy atom. The first-order chi connectivity index (χ1) is 8.97. The van der Waals surface area contributed by atoms with Crippen molar-refractivity contribution in [2.75, 3.05) is 5.32 Å². The number of rotatable bonds is 3. The Labute approximate surface area is 122 Å². The summed E-state index contributed by atoms with van der Waals surface area (Å²) in [5, 5.41) is 3.43. The van der Waals surface area contributed by atoms with Crippen LogP contribution in [-0.2, 0) is 6.54 Å². The lowest BCUT2D eigenvalue weighted by molar-refractivity contribution is 0.626. The second kappa shape index (κ2) is 5.74. The zero-order chi connectivity index (χ0) is 14.0. The first kappa shape index (κ1) is 14.1. The maximum Gasteiger partial charge on any atom is 0.124 e. The second-order valence-corrected chi connectivity index (χ2v) is 5.72. The highest BCUT2D eigenvalue weighted by molar-refractivity contribution is 9.10. The van der Waals surface area contributed by atoms with Crippen molar-refractivity contribution in [3.8, 4) is 0 Å². The van der Waals surface area contributed by atoms with Gasteiger partial charge in [0.05, 0.1) is 0 Å². The molecule has 0 atom stereocenters. The van der Waals surface area contributed by atoms with Gasteiger partial charge in [0.2, 0.25) is 0 Å². The van der Waals surface area contributed by atoms with Crippen molar-refractivity contribution in [2.24, 2.45) is 0 Å². The zero-order valence-corrected chi connectivity index (χ0v) is 12.9.